The number of hydrogen-bond donors (Lipinski definition) is 1. The number of hydrogen-bond acceptors (Lipinski definition) is 3. The van der Waals surface area contributed by atoms with Crippen LogP contribution in [-0.4, -0.2) is 51.3 Å². The molecule has 6 nitrogen and oxygen atoms in total. The molecule has 1 aromatic rings. The minimum absolute atomic E-state index is 0.0443. The molecule has 1 aliphatic carbocycles. The minimum Gasteiger partial charge on any atom is -0.480 e. The molecule has 8 heteroatoms. The number of carbonyl (C=O) groups is 3. The van der Waals surface area contributed by atoms with Gasteiger partial charge in [-0.15, -0.1) is 6.58 Å². The zero-order valence-electron chi connectivity index (χ0n) is 16.7. The standard InChI is InChI=1S/C22H26F2N2O4/c1-2-10-25(18(22(29)30)11-14-6-7-14)20(28)12-16-8-9-19(27)26(16)13-15-4-3-5-17(23)21(15)24/h2-5,14,16,18H,1,6-13H2,(H,29,30)/t16-,18-/m0/s1. The molecule has 2 aliphatic rings. The molecule has 2 fully saturated rings. The number of benzene rings is 1. The second-order valence-electron chi connectivity index (χ2n) is 8.00. The third-order valence-electron chi connectivity index (χ3n) is 5.80. The number of likely N-dealkylation sites (tertiary alicyclic amines) is 1. The van der Waals surface area contributed by atoms with Gasteiger partial charge in [-0.2, -0.15) is 0 Å². The van der Waals surface area contributed by atoms with Crippen molar-refractivity contribution in [1.82, 2.24) is 9.80 Å². The first kappa shape index (κ1) is 21.9. The number of carbonyl (C=O) groups excluding carboxylic acids is 2. The van der Waals surface area contributed by atoms with Crippen LogP contribution in [0.4, 0.5) is 8.78 Å². The van der Waals surface area contributed by atoms with Crippen LogP contribution in [0.2, 0.25) is 0 Å². The molecule has 2 amide bonds. The van der Waals surface area contributed by atoms with E-state index in [9.17, 15) is 28.3 Å². The van der Waals surface area contributed by atoms with Crippen molar-refractivity contribution in [1.29, 1.82) is 0 Å². The van der Waals surface area contributed by atoms with Crippen LogP contribution in [0, 0.1) is 17.6 Å². The number of carboxylic acid groups (broad SMARTS) is 1. The van der Waals surface area contributed by atoms with Crippen LogP contribution in [0.3, 0.4) is 0 Å². The third kappa shape index (κ3) is 5.04. The molecule has 162 valence electrons. The molecule has 1 heterocycles. The van der Waals surface area contributed by atoms with Gasteiger partial charge in [-0.3, -0.25) is 9.59 Å². The monoisotopic (exact) mass is 420 g/mol. The zero-order valence-corrected chi connectivity index (χ0v) is 16.7. The maximum Gasteiger partial charge on any atom is 0.326 e. The van der Waals surface area contributed by atoms with Gasteiger partial charge in [-0.1, -0.05) is 31.1 Å². The van der Waals surface area contributed by atoms with Gasteiger partial charge in [0.05, 0.1) is 0 Å². The van der Waals surface area contributed by atoms with Crippen LogP contribution in [0.25, 0.3) is 0 Å². The largest absolute Gasteiger partial charge is 0.480 e. The first-order valence-corrected chi connectivity index (χ1v) is 10.2. The van der Waals surface area contributed by atoms with Gasteiger partial charge in [0.15, 0.2) is 11.6 Å². The van der Waals surface area contributed by atoms with E-state index in [1.165, 1.54) is 28.0 Å². The quantitative estimate of drug-likeness (QED) is 0.590. The molecule has 30 heavy (non-hydrogen) atoms. The van der Waals surface area contributed by atoms with Gasteiger partial charge in [0.1, 0.15) is 6.04 Å². The smallest absolute Gasteiger partial charge is 0.326 e. The summed E-state index contributed by atoms with van der Waals surface area (Å²) in [6, 6.07) is 2.35. The van der Waals surface area contributed by atoms with Gasteiger partial charge in [-0.25, -0.2) is 13.6 Å². The summed E-state index contributed by atoms with van der Waals surface area (Å²) in [4.78, 5) is 39.8. The van der Waals surface area contributed by atoms with Crippen LogP contribution in [0.15, 0.2) is 30.9 Å². The zero-order chi connectivity index (χ0) is 21.8. The molecule has 0 unspecified atom stereocenters. The lowest BCUT2D eigenvalue weighted by atomic mass is 10.1. The molecule has 1 aromatic carbocycles. The summed E-state index contributed by atoms with van der Waals surface area (Å²) in [5, 5.41) is 9.63. The van der Waals surface area contributed by atoms with E-state index in [1.54, 1.807) is 0 Å². The molecule has 1 N–H and O–H groups in total. The highest BCUT2D eigenvalue weighted by Crippen LogP contribution is 2.35. The molecule has 3 rings (SSSR count). The molecule has 0 bridgehead atoms. The van der Waals surface area contributed by atoms with Crippen molar-refractivity contribution in [2.24, 2.45) is 5.92 Å². The Hall–Kier alpha value is -2.77. The minimum atomic E-state index is -1.06. The Morgan fingerprint density at radius 2 is 2.03 bits per heavy atom. The fraction of sp³-hybridized carbons (Fsp3) is 0.500. The van der Waals surface area contributed by atoms with E-state index in [1.807, 2.05) is 0 Å². The number of rotatable bonds is 10. The number of amides is 2. The fourth-order valence-electron chi connectivity index (χ4n) is 3.97. The summed E-state index contributed by atoms with van der Waals surface area (Å²) < 4.78 is 27.6. The van der Waals surface area contributed by atoms with Crippen molar-refractivity contribution in [3.8, 4) is 0 Å². The van der Waals surface area contributed by atoms with E-state index < -0.39 is 29.7 Å². The number of halogens is 2. The highest BCUT2D eigenvalue weighted by atomic mass is 19.2. The van der Waals surface area contributed by atoms with Crippen LogP contribution in [0.1, 0.15) is 44.1 Å². The van der Waals surface area contributed by atoms with Gasteiger partial charge >= 0.3 is 5.97 Å². The topological polar surface area (TPSA) is 77.9 Å². The van der Waals surface area contributed by atoms with Crippen molar-refractivity contribution in [2.45, 2.75) is 57.2 Å². The number of aliphatic carboxylic acids is 1. The van der Waals surface area contributed by atoms with E-state index in [0.29, 0.717) is 18.8 Å². The maximum atomic E-state index is 14.1. The van der Waals surface area contributed by atoms with Crippen LogP contribution in [-0.2, 0) is 20.9 Å². The highest BCUT2D eigenvalue weighted by Gasteiger charge is 2.38. The SMILES string of the molecule is C=CCN(C(=O)C[C@@H]1CCC(=O)N1Cc1cccc(F)c1F)[C@@H](CC1CC1)C(=O)O. The second kappa shape index (κ2) is 9.36. The van der Waals surface area contributed by atoms with Gasteiger partial charge in [0.25, 0.3) is 0 Å². The van der Waals surface area contributed by atoms with Crippen molar-refractivity contribution in [3.05, 3.63) is 48.1 Å². The van der Waals surface area contributed by atoms with E-state index in [4.69, 9.17) is 0 Å². The predicted octanol–water partition coefficient (Wildman–Crippen LogP) is 3.11. The average molecular weight is 420 g/mol. The molecule has 1 saturated carbocycles. The maximum absolute atomic E-state index is 14.1. The van der Waals surface area contributed by atoms with Crippen LogP contribution in [0.5, 0.6) is 0 Å². The van der Waals surface area contributed by atoms with Gasteiger partial charge in [-0.05, 0) is 24.8 Å². The van der Waals surface area contributed by atoms with Crippen LogP contribution < -0.4 is 0 Å². The second-order valence-corrected chi connectivity index (χ2v) is 8.00. The lowest BCUT2D eigenvalue weighted by Gasteiger charge is -2.31. The Morgan fingerprint density at radius 1 is 1.30 bits per heavy atom. The molecule has 0 aromatic heterocycles. The molecule has 1 saturated heterocycles. The summed E-state index contributed by atoms with van der Waals surface area (Å²) in [6.07, 6.45) is 4.36. The van der Waals surface area contributed by atoms with Gasteiger partial charge < -0.3 is 14.9 Å². The lowest BCUT2D eigenvalue weighted by Crippen LogP contribution is -2.47. The fourth-order valence-corrected chi connectivity index (χ4v) is 3.97. The summed E-state index contributed by atoms with van der Waals surface area (Å²) in [5.41, 5.74) is 0.0443. The summed E-state index contributed by atoms with van der Waals surface area (Å²) in [6.45, 7) is 3.59. The third-order valence-corrected chi connectivity index (χ3v) is 5.80. The Kier molecular flexibility index (Phi) is 6.84. The summed E-state index contributed by atoms with van der Waals surface area (Å²) in [5.74, 6) is -3.36. The molecule has 0 radical (unpaired) electrons. The Balaban J connectivity index is 1.73. The number of carboxylic acids is 1. The Bertz CT molecular complexity index is 840. The van der Waals surface area contributed by atoms with Crippen molar-refractivity contribution < 1.29 is 28.3 Å². The van der Waals surface area contributed by atoms with E-state index in [0.717, 1.165) is 18.9 Å². The van der Waals surface area contributed by atoms with Crippen molar-refractivity contribution >= 4 is 17.8 Å². The first-order chi connectivity index (χ1) is 14.3. The van der Waals surface area contributed by atoms with E-state index in [-0.39, 0.29) is 43.3 Å². The predicted molar refractivity (Wildman–Crippen MR) is 105 cm³/mol. The molecular weight excluding hydrogens is 394 g/mol. The molecule has 1 aliphatic heterocycles. The summed E-state index contributed by atoms with van der Waals surface area (Å²) in [7, 11) is 0. The van der Waals surface area contributed by atoms with Gasteiger partial charge in [0, 0.05) is 37.5 Å². The van der Waals surface area contributed by atoms with Crippen molar-refractivity contribution in [2.75, 3.05) is 6.54 Å². The van der Waals surface area contributed by atoms with Crippen molar-refractivity contribution in [3.63, 3.8) is 0 Å². The van der Waals surface area contributed by atoms with Crippen LogP contribution >= 0.6 is 0 Å². The lowest BCUT2D eigenvalue weighted by molar-refractivity contribution is -0.151. The molecular formula is C22H26F2N2O4. The Morgan fingerprint density at radius 3 is 2.67 bits per heavy atom. The number of nitrogens with zero attached hydrogens (tertiary/aromatic N) is 2. The Labute approximate surface area is 174 Å². The molecule has 2 atom stereocenters. The average Bonchev–Trinajstić information content (AvgIpc) is 3.46. The first-order valence-electron chi connectivity index (χ1n) is 10.2. The highest BCUT2D eigenvalue weighted by molar-refractivity contribution is 5.85. The molecule has 0 spiro atoms. The van der Waals surface area contributed by atoms with E-state index in [2.05, 4.69) is 6.58 Å². The summed E-state index contributed by atoms with van der Waals surface area (Å²) >= 11 is 0. The van der Waals surface area contributed by atoms with E-state index >= 15 is 0 Å². The van der Waals surface area contributed by atoms with Gasteiger partial charge in [0.2, 0.25) is 11.8 Å². The normalized spacial score (nSPS) is 19.6.